The minimum atomic E-state index is -0.0206. The molecule has 1 atom stereocenters. The monoisotopic (exact) mass is 277 g/mol. The van der Waals surface area contributed by atoms with Crippen LogP contribution in [-0.2, 0) is 0 Å². The van der Waals surface area contributed by atoms with Gasteiger partial charge in [-0.2, -0.15) is 0 Å². The summed E-state index contributed by atoms with van der Waals surface area (Å²) in [7, 11) is 6.04. The molecule has 0 aliphatic carbocycles. The van der Waals surface area contributed by atoms with Crippen molar-refractivity contribution in [3.8, 4) is 5.75 Å². The second-order valence-electron chi connectivity index (χ2n) is 5.86. The first kappa shape index (κ1) is 15.1. The maximum absolute atomic E-state index is 6.16. The predicted octanol–water partition coefficient (Wildman–Crippen LogP) is 2.25. The van der Waals surface area contributed by atoms with E-state index in [1.165, 1.54) is 18.5 Å². The highest BCUT2D eigenvalue weighted by molar-refractivity contribution is 5.61. The molecule has 1 aliphatic heterocycles. The lowest BCUT2D eigenvalue weighted by atomic mass is 9.99. The van der Waals surface area contributed by atoms with Crippen LogP contribution in [0.2, 0.25) is 0 Å². The Morgan fingerprint density at radius 3 is 2.45 bits per heavy atom. The van der Waals surface area contributed by atoms with Gasteiger partial charge in [0.05, 0.1) is 7.11 Å². The molecule has 1 fully saturated rings. The summed E-state index contributed by atoms with van der Waals surface area (Å²) < 4.78 is 5.48. The van der Waals surface area contributed by atoms with Crippen molar-refractivity contribution in [1.82, 2.24) is 4.90 Å². The van der Waals surface area contributed by atoms with E-state index in [-0.39, 0.29) is 6.04 Å². The van der Waals surface area contributed by atoms with Crippen molar-refractivity contribution in [3.63, 3.8) is 0 Å². The fourth-order valence-corrected chi connectivity index (χ4v) is 3.07. The van der Waals surface area contributed by atoms with Crippen molar-refractivity contribution < 1.29 is 4.74 Å². The van der Waals surface area contributed by atoms with E-state index in [0.717, 1.165) is 24.4 Å². The highest BCUT2D eigenvalue weighted by Crippen LogP contribution is 2.35. The number of hydrogen-bond donors (Lipinski definition) is 1. The normalized spacial score (nSPS) is 18.4. The minimum Gasteiger partial charge on any atom is -0.496 e. The first-order valence-corrected chi connectivity index (χ1v) is 7.38. The van der Waals surface area contributed by atoms with Crippen LogP contribution in [0.4, 0.5) is 5.69 Å². The topological polar surface area (TPSA) is 41.7 Å². The van der Waals surface area contributed by atoms with Crippen LogP contribution in [0.1, 0.15) is 31.4 Å². The van der Waals surface area contributed by atoms with E-state index >= 15 is 0 Å². The van der Waals surface area contributed by atoms with Crippen LogP contribution < -0.4 is 15.4 Å². The lowest BCUT2D eigenvalue weighted by Crippen LogP contribution is -2.42. The number of benzene rings is 1. The summed E-state index contributed by atoms with van der Waals surface area (Å²) in [5.74, 6) is 0.896. The highest BCUT2D eigenvalue weighted by Gasteiger charge is 2.24. The lowest BCUT2D eigenvalue weighted by Gasteiger charge is -2.38. The largest absolute Gasteiger partial charge is 0.496 e. The van der Waals surface area contributed by atoms with E-state index in [2.05, 4.69) is 36.0 Å². The summed E-state index contributed by atoms with van der Waals surface area (Å²) in [6.45, 7) is 4.18. The van der Waals surface area contributed by atoms with E-state index in [1.54, 1.807) is 7.11 Å². The Kier molecular flexibility index (Phi) is 4.89. The molecule has 4 nitrogen and oxygen atoms in total. The quantitative estimate of drug-likeness (QED) is 0.916. The molecule has 0 aromatic heterocycles. The number of piperidine rings is 1. The summed E-state index contributed by atoms with van der Waals surface area (Å²) in [5.41, 5.74) is 8.51. The first-order chi connectivity index (χ1) is 9.54. The average molecular weight is 277 g/mol. The van der Waals surface area contributed by atoms with E-state index in [9.17, 15) is 0 Å². The van der Waals surface area contributed by atoms with Crippen LogP contribution in [0.5, 0.6) is 5.75 Å². The van der Waals surface area contributed by atoms with Gasteiger partial charge in [0, 0.05) is 36.4 Å². The molecule has 2 rings (SSSR count). The maximum Gasteiger partial charge on any atom is 0.125 e. The molecule has 1 aliphatic rings. The fourth-order valence-electron chi connectivity index (χ4n) is 3.07. The van der Waals surface area contributed by atoms with Gasteiger partial charge in [-0.1, -0.05) is 6.07 Å². The Hall–Kier alpha value is -1.26. The van der Waals surface area contributed by atoms with Gasteiger partial charge < -0.3 is 20.3 Å². The highest BCUT2D eigenvalue weighted by atomic mass is 16.5. The molecule has 0 unspecified atom stereocenters. The molecule has 0 spiro atoms. The standard InChI is InChI=1S/C16H27N3O/c1-12(17)16-14(6-5-7-15(16)20-4)19-10-8-13(9-11-19)18(2)3/h5-7,12-13H,8-11,17H2,1-4H3/t12-/m1/s1. The van der Waals surface area contributed by atoms with E-state index < -0.39 is 0 Å². The Bertz CT molecular complexity index is 437. The number of ether oxygens (including phenoxy) is 1. The van der Waals surface area contributed by atoms with E-state index in [0.29, 0.717) is 6.04 Å². The minimum absolute atomic E-state index is 0.0206. The number of nitrogens with zero attached hydrogens (tertiary/aromatic N) is 2. The third kappa shape index (κ3) is 3.07. The molecule has 20 heavy (non-hydrogen) atoms. The van der Waals surface area contributed by atoms with Crippen molar-refractivity contribution in [1.29, 1.82) is 0 Å². The maximum atomic E-state index is 6.16. The van der Waals surface area contributed by atoms with E-state index in [1.807, 2.05) is 13.0 Å². The average Bonchev–Trinajstić information content (AvgIpc) is 2.46. The second kappa shape index (κ2) is 6.46. The fraction of sp³-hybridized carbons (Fsp3) is 0.625. The van der Waals surface area contributed by atoms with Crippen LogP contribution in [0.3, 0.4) is 0 Å². The van der Waals surface area contributed by atoms with Crippen molar-refractivity contribution in [3.05, 3.63) is 23.8 Å². The second-order valence-corrected chi connectivity index (χ2v) is 5.86. The Morgan fingerprint density at radius 2 is 1.95 bits per heavy atom. The molecule has 1 aromatic rings. The zero-order valence-electron chi connectivity index (χ0n) is 13.1. The predicted molar refractivity (Wildman–Crippen MR) is 84.5 cm³/mol. The van der Waals surface area contributed by atoms with Crippen LogP contribution in [-0.4, -0.2) is 45.2 Å². The SMILES string of the molecule is COc1cccc(N2CCC(N(C)C)CC2)c1[C@@H](C)N. The number of rotatable bonds is 4. The van der Waals surface area contributed by atoms with Crippen molar-refractivity contribution in [2.45, 2.75) is 31.8 Å². The van der Waals surface area contributed by atoms with Gasteiger partial charge >= 0.3 is 0 Å². The van der Waals surface area contributed by atoms with Gasteiger partial charge in [0.25, 0.3) is 0 Å². The molecular weight excluding hydrogens is 250 g/mol. The third-order valence-electron chi connectivity index (χ3n) is 4.25. The van der Waals surface area contributed by atoms with E-state index in [4.69, 9.17) is 10.5 Å². The van der Waals surface area contributed by atoms with Crippen molar-refractivity contribution in [2.24, 2.45) is 5.73 Å². The number of methoxy groups -OCH3 is 1. The third-order valence-corrected chi connectivity index (χ3v) is 4.25. The Balaban J connectivity index is 2.21. The molecule has 2 N–H and O–H groups in total. The zero-order valence-corrected chi connectivity index (χ0v) is 13.1. The van der Waals surface area contributed by atoms with Crippen LogP contribution in [0.15, 0.2) is 18.2 Å². The molecule has 1 heterocycles. The molecule has 0 amide bonds. The van der Waals surface area contributed by atoms with Gasteiger partial charge in [0.2, 0.25) is 0 Å². The summed E-state index contributed by atoms with van der Waals surface area (Å²) in [5, 5.41) is 0. The molecule has 0 bridgehead atoms. The summed E-state index contributed by atoms with van der Waals surface area (Å²) in [4.78, 5) is 4.77. The lowest BCUT2D eigenvalue weighted by molar-refractivity contribution is 0.249. The molecular formula is C16H27N3O. The molecule has 1 aromatic carbocycles. The van der Waals surface area contributed by atoms with Gasteiger partial charge in [-0.05, 0) is 46.0 Å². The number of nitrogens with two attached hydrogens (primary N) is 1. The summed E-state index contributed by atoms with van der Waals surface area (Å²) in [6, 6.07) is 6.88. The van der Waals surface area contributed by atoms with Gasteiger partial charge in [-0.15, -0.1) is 0 Å². The van der Waals surface area contributed by atoms with Crippen molar-refractivity contribution in [2.75, 3.05) is 39.2 Å². The number of hydrogen-bond acceptors (Lipinski definition) is 4. The molecule has 1 saturated heterocycles. The Labute approximate surface area is 122 Å². The molecule has 0 saturated carbocycles. The van der Waals surface area contributed by atoms with Gasteiger partial charge in [-0.3, -0.25) is 0 Å². The Morgan fingerprint density at radius 1 is 1.30 bits per heavy atom. The summed E-state index contributed by atoms with van der Waals surface area (Å²) in [6.07, 6.45) is 2.39. The van der Waals surface area contributed by atoms with Gasteiger partial charge in [-0.25, -0.2) is 0 Å². The molecule has 0 radical (unpaired) electrons. The molecule has 4 heteroatoms. The van der Waals surface area contributed by atoms with Crippen LogP contribution in [0.25, 0.3) is 0 Å². The number of anilines is 1. The van der Waals surface area contributed by atoms with Crippen LogP contribution >= 0.6 is 0 Å². The van der Waals surface area contributed by atoms with Gasteiger partial charge in [0.1, 0.15) is 5.75 Å². The van der Waals surface area contributed by atoms with Crippen molar-refractivity contribution >= 4 is 5.69 Å². The first-order valence-electron chi connectivity index (χ1n) is 7.38. The zero-order chi connectivity index (χ0) is 14.7. The smallest absolute Gasteiger partial charge is 0.125 e. The summed E-state index contributed by atoms with van der Waals surface area (Å²) >= 11 is 0. The van der Waals surface area contributed by atoms with Crippen LogP contribution in [0, 0.1) is 0 Å². The van der Waals surface area contributed by atoms with Gasteiger partial charge in [0.15, 0.2) is 0 Å². The molecule has 112 valence electrons.